The third kappa shape index (κ3) is 4.92. The molecule has 5 heteroatoms. The second-order valence-corrected chi connectivity index (χ2v) is 4.89. The van der Waals surface area contributed by atoms with E-state index in [-0.39, 0.29) is 5.91 Å². The van der Waals surface area contributed by atoms with Crippen molar-refractivity contribution in [2.75, 3.05) is 19.0 Å². The number of benzene rings is 2. The lowest BCUT2D eigenvalue weighted by Crippen LogP contribution is -2.30. The average Bonchev–Trinajstić information content (AvgIpc) is 2.57. The quantitative estimate of drug-likeness (QED) is 0.849. The molecule has 5 nitrogen and oxygen atoms in total. The van der Waals surface area contributed by atoms with Gasteiger partial charge in [0.15, 0.2) is 6.10 Å². The molecule has 0 aromatic heterocycles. The first kappa shape index (κ1) is 16.7. The van der Waals surface area contributed by atoms with E-state index in [0.29, 0.717) is 23.8 Å². The van der Waals surface area contributed by atoms with Crippen molar-refractivity contribution in [2.24, 2.45) is 0 Å². The molecule has 0 saturated heterocycles. The molecule has 1 amide bonds. The van der Waals surface area contributed by atoms with E-state index in [9.17, 15) is 4.79 Å². The summed E-state index contributed by atoms with van der Waals surface area (Å²) in [5.74, 6) is 1.81. The van der Waals surface area contributed by atoms with Crippen LogP contribution in [0.25, 0.3) is 0 Å². The molecule has 1 atom stereocenters. The molecule has 0 aliphatic carbocycles. The van der Waals surface area contributed by atoms with Gasteiger partial charge >= 0.3 is 0 Å². The Bertz CT molecular complexity index is 640. The Hall–Kier alpha value is -2.69. The molecular weight excluding hydrogens is 294 g/mol. The predicted octanol–water partition coefficient (Wildman–Crippen LogP) is 3.50. The van der Waals surface area contributed by atoms with Gasteiger partial charge in [-0.05, 0) is 50.2 Å². The molecule has 2 aromatic rings. The lowest BCUT2D eigenvalue weighted by atomic mass is 10.2. The summed E-state index contributed by atoms with van der Waals surface area (Å²) < 4.78 is 16.1. The molecule has 0 fully saturated rings. The van der Waals surface area contributed by atoms with Gasteiger partial charge in [0.1, 0.15) is 17.2 Å². The maximum atomic E-state index is 12.2. The predicted molar refractivity (Wildman–Crippen MR) is 89.3 cm³/mol. The van der Waals surface area contributed by atoms with Gasteiger partial charge in [0.05, 0.1) is 13.7 Å². The highest BCUT2D eigenvalue weighted by Crippen LogP contribution is 2.21. The van der Waals surface area contributed by atoms with E-state index in [0.717, 1.165) is 5.75 Å². The summed E-state index contributed by atoms with van der Waals surface area (Å²) in [6.45, 7) is 4.23. The molecule has 0 saturated carbocycles. The number of hydrogen-bond acceptors (Lipinski definition) is 4. The second-order valence-electron chi connectivity index (χ2n) is 4.89. The van der Waals surface area contributed by atoms with Gasteiger partial charge in [-0.15, -0.1) is 0 Å². The van der Waals surface area contributed by atoms with Crippen LogP contribution in [0.3, 0.4) is 0 Å². The van der Waals surface area contributed by atoms with Gasteiger partial charge in [0, 0.05) is 11.8 Å². The largest absolute Gasteiger partial charge is 0.497 e. The summed E-state index contributed by atoms with van der Waals surface area (Å²) in [6.07, 6.45) is -0.631. The summed E-state index contributed by atoms with van der Waals surface area (Å²) >= 11 is 0. The smallest absolute Gasteiger partial charge is 0.265 e. The molecule has 0 aliphatic heterocycles. The van der Waals surface area contributed by atoms with Crippen molar-refractivity contribution < 1.29 is 19.0 Å². The van der Waals surface area contributed by atoms with Gasteiger partial charge < -0.3 is 19.5 Å². The number of carbonyl (C=O) groups excluding carboxylic acids is 1. The van der Waals surface area contributed by atoms with Gasteiger partial charge in [0.2, 0.25) is 0 Å². The van der Waals surface area contributed by atoms with Crippen molar-refractivity contribution in [3.05, 3.63) is 48.5 Å². The molecular formula is C18H21NO4. The Kier molecular flexibility index (Phi) is 5.86. The molecule has 2 rings (SSSR count). The van der Waals surface area contributed by atoms with Crippen molar-refractivity contribution in [1.82, 2.24) is 0 Å². The molecule has 23 heavy (non-hydrogen) atoms. The first-order chi connectivity index (χ1) is 11.1. The summed E-state index contributed by atoms with van der Waals surface area (Å²) in [5.41, 5.74) is 0.694. The Morgan fingerprint density at radius 2 is 1.78 bits per heavy atom. The first-order valence-electron chi connectivity index (χ1n) is 7.46. The zero-order chi connectivity index (χ0) is 16.7. The molecule has 0 aliphatic rings. The van der Waals surface area contributed by atoms with Gasteiger partial charge in [-0.2, -0.15) is 0 Å². The molecule has 1 unspecified atom stereocenters. The number of carbonyl (C=O) groups is 1. The monoisotopic (exact) mass is 315 g/mol. The third-order valence-electron chi connectivity index (χ3n) is 3.16. The van der Waals surface area contributed by atoms with Crippen LogP contribution in [-0.2, 0) is 4.79 Å². The normalized spacial score (nSPS) is 11.4. The molecule has 1 N–H and O–H groups in total. The summed E-state index contributed by atoms with van der Waals surface area (Å²) in [5, 5.41) is 2.81. The fourth-order valence-corrected chi connectivity index (χ4v) is 1.98. The Labute approximate surface area is 136 Å². The molecule has 0 bridgehead atoms. The fourth-order valence-electron chi connectivity index (χ4n) is 1.98. The Morgan fingerprint density at radius 1 is 1.09 bits per heavy atom. The first-order valence-corrected chi connectivity index (χ1v) is 7.46. The van der Waals surface area contributed by atoms with Crippen molar-refractivity contribution in [2.45, 2.75) is 20.0 Å². The highest BCUT2D eigenvalue weighted by Gasteiger charge is 2.15. The minimum Gasteiger partial charge on any atom is -0.497 e. The maximum Gasteiger partial charge on any atom is 0.265 e. The van der Waals surface area contributed by atoms with Crippen molar-refractivity contribution >= 4 is 11.6 Å². The van der Waals surface area contributed by atoms with Crippen LogP contribution in [0, 0.1) is 0 Å². The Morgan fingerprint density at radius 3 is 2.43 bits per heavy atom. The minimum atomic E-state index is -0.631. The second kappa shape index (κ2) is 8.08. The summed E-state index contributed by atoms with van der Waals surface area (Å²) in [7, 11) is 1.58. The number of methoxy groups -OCH3 is 1. The lowest BCUT2D eigenvalue weighted by Gasteiger charge is -2.15. The maximum absolute atomic E-state index is 12.2. The number of rotatable bonds is 7. The SMILES string of the molecule is CCOc1ccc(NC(=O)C(C)Oc2cccc(OC)c2)cc1. The van der Waals surface area contributed by atoms with Gasteiger partial charge in [-0.25, -0.2) is 0 Å². The highest BCUT2D eigenvalue weighted by molar-refractivity contribution is 5.94. The zero-order valence-corrected chi connectivity index (χ0v) is 13.5. The molecule has 2 aromatic carbocycles. The van der Waals surface area contributed by atoms with Crippen LogP contribution < -0.4 is 19.5 Å². The van der Waals surface area contributed by atoms with E-state index in [4.69, 9.17) is 14.2 Å². The van der Waals surface area contributed by atoms with Crippen molar-refractivity contribution in [1.29, 1.82) is 0 Å². The fraction of sp³-hybridized carbons (Fsp3) is 0.278. The number of hydrogen-bond donors (Lipinski definition) is 1. The standard InChI is InChI=1S/C18H21NO4/c1-4-22-15-10-8-14(9-11-15)19-18(20)13(2)23-17-7-5-6-16(12-17)21-3/h5-13H,4H2,1-3H3,(H,19,20). The number of amides is 1. The molecule has 0 spiro atoms. The Balaban J connectivity index is 1.93. The number of nitrogens with one attached hydrogen (secondary N) is 1. The summed E-state index contributed by atoms with van der Waals surface area (Å²) in [4.78, 5) is 12.2. The van der Waals surface area contributed by atoms with E-state index in [1.807, 2.05) is 31.2 Å². The van der Waals surface area contributed by atoms with Gasteiger partial charge in [-0.1, -0.05) is 6.07 Å². The van der Waals surface area contributed by atoms with E-state index < -0.39 is 6.10 Å². The average molecular weight is 315 g/mol. The number of anilines is 1. The van der Waals surface area contributed by atoms with Gasteiger partial charge in [0.25, 0.3) is 5.91 Å². The van der Waals surface area contributed by atoms with Crippen LogP contribution in [0.5, 0.6) is 17.2 Å². The van der Waals surface area contributed by atoms with Crippen LogP contribution >= 0.6 is 0 Å². The van der Waals surface area contributed by atoms with Crippen LogP contribution in [0.15, 0.2) is 48.5 Å². The van der Waals surface area contributed by atoms with E-state index in [2.05, 4.69) is 5.32 Å². The van der Waals surface area contributed by atoms with E-state index >= 15 is 0 Å². The molecule has 122 valence electrons. The van der Waals surface area contributed by atoms with Crippen LogP contribution in [0.4, 0.5) is 5.69 Å². The molecule has 0 radical (unpaired) electrons. The lowest BCUT2D eigenvalue weighted by molar-refractivity contribution is -0.122. The third-order valence-corrected chi connectivity index (χ3v) is 3.16. The topological polar surface area (TPSA) is 56.8 Å². The van der Waals surface area contributed by atoms with Crippen LogP contribution in [0.2, 0.25) is 0 Å². The summed E-state index contributed by atoms with van der Waals surface area (Å²) in [6, 6.07) is 14.4. The van der Waals surface area contributed by atoms with Crippen molar-refractivity contribution in [3.8, 4) is 17.2 Å². The zero-order valence-electron chi connectivity index (χ0n) is 13.5. The van der Waals surface area contributed by atoms with Gasteiger partial charge in [-0.3, -0.25) is 4.79 Å². The van der Waals surface area contributed by atoms with Crippen LogP contribution in [0.1, 0.15) is 13.8 Å². The minimum absolute atomic E-state index is 0.225. The molecule has 0 heterocycles. The van der Waals surface area contributed by atoms with Crippen LogP contribution in [-0.4, -0.2) is 25.7 Å². The highest BCUT2D eigenvalue weighted by atomic mass is 16.5. The number of ether oxygens (including phenoxy) is 3. The van der Waals surface area contributed by atoms with Crippen molar-refractivity contribution in [3.63, 3.8) is 0 Å². The van der Waals surface area contributed by atoms with E-state index in [1.165, 1.54) is 0 Å². The van der Waals surface area contributed by atoms with E-state index in [1.54, 1.807) is 38.3 Å².